The maximum atomic E-state index is 12.8. The van der Waals surface area contributed by atoms with E-state index in [0.717, 1.165) is 70.6 Å². The molecule has 0 saturated carbocycles. The molecule has 0 aromatic carbocycles. The number of unbranched alkanes of at least 4 members (excludes halogenated alkanes) is 38. The van der Waals surface area contributed by atoms with Crippen LogP contribution in [0.5, 0.6) is 0 Å². The summed E-state index contributed by atoms with van der Waals surface area (Å²) < 4.78 is 16.8. The second-order valence-electron chi connectivity index (χ2n) is 19.6. The Labute approximate surface area is 404 Å². The van der Waals surface area contributed by atoms with Gasteiger partial charge in [-0.3, -0.25) is 14.4 Å². The number of carbonyl (C=O) groups is 3. The number of carbonyl (C=O) groups excluding carboxylic acids is 3. The molecule has 1 unspecified atom stereocenters. The van der Waals surface area contributed by atoms with E-state index in [-0.39, 0.29) is 31.1 Å². The Bertz CT molecular complexity index is 1050. The van der Waals surface area contributed by atoms with Gasteiger partial charge in [0.2, 0.25) is 0 Å². The van der Waals surface area contributed by atoms with Crippen LogP contribution in [-0.2, 0) is 28.6 Å². The zero-order valence-electron chi connectivity index (χ0n) is 43.8. The number of rotatable bonds is 53. The van der Waals surface area contributed by atoms with Gasteiger partial charge in [0, 0.05) is 19.3 Å². The summed E-state index contributed by atoms with van der Waals surface area (Å²) in [5, 5.41) is 0. The van der Waals surface area contributed by atoms with Gasteiger partial charge in [-0.15, -0.1) is 0 Å². The summed E-state index contributed by atoms with van der Waals surface area (Å²) in [6, 6.07) is 0. The van der Waals surface area contributed by atoms with Crippen LogP contribution in [0.25, 0.3) is 0 Å². The van der Waals surface area contributed by atoms with Crippen molar-refractivity contribution in [1.82, 2.24) is 0 Å². The topological polar surface area (TPSA) is 78.9 Å². The number of esters is 3. The van der Waals surface area contributed by atoms with Crippen LogP contribution in [0, 0.1) is 0 Å². The van der Waals surface area contributed by atoms with E-state index in [2.05, 4.69) is 45.1 Å². The molecule has 0 fully saturated rings. The monoisotopic (exact) mass is 915 g/mol. The molecule has 0 heterocycles. The maximum Gasteiger partial charge on any atom is 0.306 e. The molecular formula is C59H110O6. The Morgan fingerprint density at radius 3 is 0.800 bits per heavy atom. The summed E-state index contributed by atoms with van der Waals surface area (Å²) in [6.45, 7) is 6.64. The molecule has 0 aromatic rings. The first kappa shape index (κ1) is 62.9. The molecule has 6 heteroatoms. The molecule has 0 rings (SSSR count). The molecule has 0 aliphatic heterocycles. The van der Waals surface area contributed by atoms with Gasteiger partial charge in [0.25, 0.3) is 0 Å². The molecule has 65 heavy (non-hydrogen) atoms. The summed E-state index contributed by atoms with van der Waals surface area (Å²) in [4.78, 5) is 38.1. The molecule has 0 spiro atoms. The predicted octanol–water partition coefficient (Wildman–Crippen LogP) is 19.1. The average molecular weight is 916 g/mol. The minimum atomic E-state index is -0.774. The van der Waals surface area contributed by atoms with Crippen LogP contribution < -0.4 is 0 Å². The molecule has 0 N–H and O–H groups in total. The van der Waals surface area contributed by atoms with Crippen molar-refractivity contribution < 1.29 is 28.6 Å². The van der Waals surface area contributed by atoms with E-state index in [1.54, 1.807) is 0 Å². The summed E-state index contributed by atoms with van der Waals surface area (Å²) >= 11 is 0. The van der Waals surface area contributed by atoms with Crippen LogP contribution in [-0.4, -0.2) is 37.2 Å². The second-order valence-corrected chi connectivity index (χ2v) is 19.6. The molecular weight excluding hydrogens is 805 g/mol. The first-order valence-electron chi connectivity index (χ1n) is 28.8. The standard InChI is InChI=1S/C59H110O6/c1-4-7-10-13-16-19-22-25-27-28-29-30-31-32-33-35-37-40-43-46-49-52-58(61)64-55-56(54-63-57(60)51-48-45-42-39-36-24-21-18-15-12-9-6-3)65-59(62)53-50-47-44-41-38-34-26-23-20-17-14-11-8-5-2/h18,21,23,26,56H,4-17,19-20,22,24-25,27-55H2,1-3H3/b21-18-,26-23-. The van der Waals surface area contributed by atoms with Crippen LogP contribution in [0.4, 0.5) is 0 Å². The van der Waals surface area contributed by atoms with Crippen molar-refractivity contribution in [3.63, 3.8) is 0 Å². The molecule has 0 bridgehead atoms. The maximum absolute atomic E-state index is 12.8. The van der Waals surface area contributed by atoms with Crippen LogP contribution >= 0.6 is 0 Å². The lowest BCUT2D eigenvalue weighted by molar-refractivity contribution is -0.167. The predicted molar refractivity (Wildman–Crippen MR) is 279 cm³/mol. The lowest BCUT2D eigenvalue weighted by Crippen LogP contribution is -2.30. The zero-order chi connectivity index (χ0) is 47.2. The third-order valence-corrected chi connectivity index (χ3v) is 12.9. The van der Waals surface area contributed by atoms with E-state index in [0.29, 0.717) is 19.3 Å². The number of hydrogen-bond acceptors (Lipinski definition) is 6. The summed E-state index contributed by atoms with van der Waals surface area (Å²) in [5.74, 6) is -0.873. The van der Waals surface area contributed by atoms with E-state index in [4.69, 9.17) is 14.2 Å². The van der Waals surface area contributed by atoms with Gasteiger partial charge in [0.1, 0.15) is 13.2 Å². The minimum absolute atomic E-state index is 0.0730. The minimum Gasteiger partial charge on any atom is -0.462 e. The summed E-state index contributed by atoms with van der Waals surface area (Å²) in [5.41, 5.74) is 0. The zero-order valence-corrected chi connectivity index (χ0v) is 43.8. The molecule has 0 saturated heterocycles. The molecule has 0 aliphatic carbocycles. The van der Waals surface area contributed by atoms with Crippen molar-refractivity contribution in [1.29, 1.82) is 0 Å². The van der Waals surface area contributed by atoms with Crippen molar-refractivity contribution in [2.24, 2.45) is 0 Å². The summed E-state index contributed by atoms with van der Waals surface area (Å²) in [7, 11) is 0. The Morgan fingerprint density at radius 1 is 0.292 bits per heavy atom. The van der Waals surface area contributed by atoms with Crippen molar-refractivity contribution in [2.45, 2.75) is 322 Å². The first-order valence-corrected chi connectivity index (χ1v) is 28.8. The van der Waals surface area contributed by atoms with Gasteiger partial charge < -0.3 is 14.2 Å². The fourth-order valence-corrected chi connectivity index (χ4v) is 8.55. The fraction of sp³-hybridized carbons (Fsp3) is 0.881. The van der Waals surface area contributed by atoms with Gasteiger partial charge >= 0.3 is 17.9 Å². The number of hydrogen-bond donors (Lipinski definition) is 0. The van der Waals surface area contributed by atoms with E-state index in [1.165, 1.54) is 205 Å². The highest BCUT2D eigenvalue weighted by Gasteiger charge is 2.19. The number of ether oxygens (including phenoxy) is 3. The third-order valence-electron chi connectivity index (χ3n) is 12.9. The highest BCUT2D eigenvalue weighted by atomic mass is 16.6. The Balaban J connectivity index is 4.26. The van der Waals surface area contributed by atoms with E-state index in [1.807, 2.05) is 0 Å². The molecule has 1 atom stereocenters. The molecule has 0 radical (unpaired) electrons. The molecule has 0 amide bonds. The van der Waals surface area contributed by atoms with Crippen molar-refractivity contribution >= 4 is 17.9 Å². The van der Waals surface area contributed by atoms with Gasteiger partial charge in [-0.05, 0) is 70.6 Å². The Morgan fingerprint density at radius 2 is 0.508 bits per heavy atom. The fourth-order valence-electron chi connectivity index (χ4n) is 8.55. The smallest absolute Gasteiger partial charge is 0.306 e. The SMILES string of the molecule is CCCCC/C=C\CCCCCCCC(=O)OCC(COC(=O)CCCCCCCCCCCCCCCCCCCCCCC)OC(=O)CCCCCCC/C=C\CCCCCCC. The molecule has 0 aliphatic rings. The average Bonchev–Trinajstić information content (AvgIpc) is 3.30. The molecule has 0 aromatic heterocycles. The first-order chi connectivity index (χ1) is 32.0. The van der Waals surface area contributed by atoms with Gasteiger partial charge in [0.05, 0.1) is 0 Å². The lowest BCUT2D eigenvalue weighted by atomic mass is 10.0. The highest BCUT2D eigenvalue weighted by molar-refractivity contribution is 5.71. The van der Waals surface area contributed by atoms with Crippen LogP contribution in [0.1, 0.15) is 316 Å². The highest BCUT2D eigenvalue weighted by Crippen LogP contribution is 2.17. The van der Waals surface area contributed by atoms with E-state index in [9.17, 15) is 14.4 Å². The normalized spacial score (nSPS) is 12.1. The van der Waals surface area contributed by atoms with Gasteiger partial charge in [0.15, 0.2) is 6.10 Å². The van der Waals surface area contributed by atoms with Crippen LogP contribution in [0.15, 0.2) is 24.3 Å². The van der Waals surface area contributed by atoms with Crippen molar-refractivity contribution in [2.75, 3.05) is 13.2 Å². The second kappa shape index (κ2) is 54.5. The number of allylic oxidation sites excluding steroid dienone is 4. The van der Waals surface area contributed by atoms with Crippen molar-refractivity contribution in [3.05, 3.63) is 24.3 Å². The van der Waals surface area contributed by atoms with E-state index >= 15 is 0 Å². The lowest BCUT2D eigenvalue weighted by Gasteiger charge is -2.18. The van der Waals surface area contributed by atoms with Crippen molar-refractivity contribution in [3.8, 4) is 0 Å². The third kappa shape index (κ3) is 52.7. The van der Waals surface area contributed by atoms with E-state index < -0.39 is 6.10 Å². The largest absolute Gasteiger partial charge is 0.462 e. The van der Waals surface area contributed by atoms with Crippen LogP contribution in [0.3, 0.4) is 0 Å². The van der Waals surface area contributed by atoms with Crippen LogP contribution in [0.2, 0.25) is 0 Å². The molecule has 6 nitrogen and oxygen atoms in total. The van der Waals surface area contributed by atoms with Gasteiger partial charge in [-0.25, -0.2) is 0 Å². The van der Waals surface area contributed by atoms with Gasteiger partial charge in [-0.1, -0.05) is 251 Å². The summed E-state index contributed by atoms with van der Waals surface area (Å²) in [6.07, 6.45) is 63.2. The Kier molecular flexibility index (Phi) is 52.7. The van der Waals surface area contributed by atoms with Gasteiger partial charge in [-0.2, -0.15) is 0 Å². The quantitative estimate of drug-likeness (QED) is 0.0262. The Hall–Kier alpha value is -2.11. The molecule has 382 valence electrons.